The number of rotatable bonds is 3. The SMILES string of the molecule is Cc1ccc(CN2C(=O)c3oc4ccccc4c(=O)c3C2c2ccc(O)cc2)cc1. The highest BCUT2D eigenvalue weighted by atomic mass is 16.3. The number of amides is 1. The number of fused-ring (bicyclic) bond motifs is 2. The fraction of sp³-hybridized carbons (Fsp3) is 0.120. The lowest BCUT2D eigenvalue weighted by Crippen LogP contribution is -2.29. The first-order chi connectivity index (χ1) is 14.5. The number of aromatic hydroxyl groups is 1. The molecule has 0 spiro atoms. The first-order valence-corrected chi connectivity index (χ1v) is 9.74. The standard InChI is InChI=1S/C25H19NO4/c1-15-6-8-16(9-7-15)14-26-22(17-10-12-18(27)13-11-17)21-23(28)19-4-2-3-5-20(19)30-24(21)25(26)29/h2-13,22,27H,14H2,1H3. The summed E-state index contributed by atoms with van der Waals surface area (Å²) in [6.07, 6.45) is 0. The predicted octanol–water partition coefficient (Wildman–Crippen LogP) is 4.55. The molecular weight excluding hydrogens is 378 g/mol. The molecule has 0 aliphatic carbocycles. The van der Waals surface area contributed by atoms with E-state index in [-0.39, 0.29) is 22.8 Å². The van der Waals surface area contributed by atoms with Crippen LogP contribution in [0.3, 0.4) is 0 Å². The van der Waals surface area contributed by atoms with Crippen LogP contribution in [0.2, 0.25) is 0 Å². The van der Waals surface area contributed by atoms with Gasteiger partial charge >= 0.3 is 0 Å². The van der Waals surface area contributed by atoms with Crippen molar-refractivity contribution < 1.29 is 14.3 Å². The fourth-order valence-electron chi connectivity index (χ4n) is 4.02. The van der Waals surface area contributed by atoms with Crippen LogP contribution in [-0.2, 0) is 6.54 Å². The number of aryl methyl sites for hydroxylation is 1. The second-order valence-electron chi connectivity index (χ2n) is 7.58. The summed E-state index contributed by atoms with van der Waals surface area (Å²) in [4.78, 5) is 28.4. The molecule has 5 nitrogen and oxygen atoms in total. The molecule has 0 saturated heterocycles. The number of phenolic OH excluding ortho intramolecular Hbond substituents is 1. The monoisotopic (exact) mass is 397 g/mol. The Balaban J connectivity index is 1.71. The largest absolute Gasteiger partial charge is 0.508 e. The van der Waals surface area contributed by atoms with E-state index in [0.29, 0.717) is 23.1 Å². The molecule has 5 heteroatoms. The quantitative estimate of drug-likeness (QED) is 0.550. The van der Waals surface area contributed by atoms with E-state index in [2.05, 4.69) is 0 Å². The van der Waals surface area contributed by atoms with E-state index in [1.54, 1.807) is 53.4 Å². The third kappa shape index (κ3) is 2.87. The van der Waals surface area contributed by atoms with E-state index in [1.165, 1.54) is 0 Å². The van der Waals surface area contributed by atoms with Gasteiger partial charge in [0.15, 0.2) is 5.43 Å². The van der Waals surface area contributed by atoms with Gasteiger partial charge in [-0.25, -0.2) is 0 Å². The van der Waals surface area contributed by atoms with Crippen molar-refractivity contribution in [1.82, 2.24) is 4.90 Å². The molecule has 5 rings (SSSR count). The van der Waals surface area contributed by atoms with Crippen LogP contribution in [0.25, 0.3) is 11.0 Å². The van der Waals surface area contributed by atoms with Crippen molar-refractivity contribution in [2.45, 2.75) is 19.5 Å². The van der Waals surface area contributed by atoms with Crippen LogP contribution in [0.4, 0.5) is 0 Å². The highest BCUT2D eigenvalue weighted by molar-refractivity contribution is 5.99. The third-order valence-corrected chi connectivity index (χ3v) is 5.56. The first kappa shape index (κ1) is 18.2. The average molecular weight is 397 g/mol. The molecule has 1 atom stereocenters. The average Bonchev–Trinajstić information content (AvgIpc) is 3.03. The van der Waals surface area contributed by atoms with E-state index >= 15 is 0 Å². The van der Waals surface area contributed by atoms with Gasteiger partial charge in [-0.1, -0.05) is 54.1 Å². The Morgan fingerprint density at radius 1 is 0.933 bits per heavy atom. The summed E-state index contributed by atoms with van der Waals surface area (Å²) in [7, 11) is 0. The van der Waals surface area contributed by atoms with Crippen molar-refractivity contribution in [1.29, 1.82) is 0 Å². The fourth-order valence-corrected chi connectivity index (χ4v) is 4.02. The van der Waals surface area contributed by atoms with Gasteiger partial charge in [0.25, 0.3) is 5.91 Å². The maximum absolute atomic E-state index is 13.4. The van der Waals surface area contributed by atoms with Crippen LogP contribution in [0, 0.1) is 6.92 Å². The number of phenols is 1. The first-order valence-electron chi connectivity index (χ1n) is 9.74. The van der Waals surface area contributed by atoms with E-state index < -0.39 is 6.04 Å². The summed E-state index contributed by atoms with van der Waals surface area (Å²) in [6, 6.07) is 20.9. The van der Waals surface area contributed by atoms with Crippen molar-refractivity contribution in [2.75, 3.05) is 0 Å². The van der Waals surface area contributed by atoms with Gasteiger partial charge in [0.2, 0.25) is 5.76 Å². The summed E-state index contributed by atoms with van der Waals surface area (Å²) in [5.41, 5.74) is 3.38. The van der Waals surface area contributed by atoms with Crippen LogP contribution in [0.5, 0.6) is 5.75 Å². The Morgan fingerprint density at radius 3 is 2.37 bits per heavy atom. The third-order valence-electron chi connectivity index (χ3n) is 5.56. The molecule has 2 heterocycles. The molecule has 0 radical (unpaired) electrons. The van der Waals surface area contributed by atoms with E-state index in [1.807, 2.05) is 31.2 Å². The lowest BCUT2D eigenvalue weighted by atomic mass is 9.98. The number of nitrogens with zero attached hydrogens (tertiary/aromatic N) is 1. The van der Waals surface area contributed by atoms with Gasteiger partial charge in [-0.2, -0.15) is 0 Å². The van der Waals surface area contributed by atoms with Gasteiger partial charge in [0.1, 0.15) is 11.3 Å². The van der Waals surface area contributed by atoms with Gasteiger partial charge in [-0.3, -0.25) is 9.59 Å². The summed E-state index contributed by atoms with van der Waals surface area (Å²) in [5.74, 6) is -0.102. The zero-order valence-electron chi connectivity index (χ0n) is 16.3. The lowest BCUT2D eigenvalue weighted by Gasteiger charge is -2.25. The maximum atomic E-state index is 13.4. The number of hydrogen-bond acceptors (Lipinski definition) is 4. The zero-order chi connectivity index (χ0) is 20.8. The maximum Gasteiger partial charge on any atom is 0.291 e. The van der Waals surface area contributed by atoms with Gasteiger partial charge in [0.05, 0.1) is 17.0 Å². The van der Waals surface area contributed by atoms with Crippen molar-refractivity contribution in [3.8, 4) is 5.75 Å². The minimum atomic E-state index is -0.588. The van der Waals surface area contributed by atoms with Crippen LogP contribution in [0.1, 0.15) is 38.9 Å². The predicted molar refractivity (Wildman–Crippen MR) is 113 cm³/mol. The molecule has 3 aromatic carbocycles. The van der Waals surface area contributed by atoms with Gasteiger partial charge in [-0.15, -0.1) is 0 Å². The minimum absolute atomic E-state index is 0.0869. The molecule has 1 aliphatic rings. The second-order valence-corrected chi connectivity index (χ2v) is 7.58. The number of benzene rings is 3. The Kier molecular flexibility index (Phi) is 4.17. The van der Waals surface area contributed by atoms with E-state index in [0.717, 1.165) is 16.7 Å². The zero-order valence-corrected chi connectivity index (χ0v) is 16.3. The number of hydrogen-bond donors (Lipinski definition) is 1. The molecule has 4 aromatic rings. The molecule has 148 valence electrons. The van der Waals surface area contributed by atoms with Crippen LogP contribution >= 0.6 is 0 Å². The van der Waals surface area contributed by atoms with Gasteiger partial charge in [-0.05, 0) is 42.3 Å². The molecule has 0 fully saturated rings. The summed E-state index contributed by atoms with van der Waals surface area (Å²) in [5, 5.41) is 10.2. The van der Waals surface area contributed by atoms with Crippen LogP contribution in [-0.4, -0.2) is 15.9 Å². The van der Waals surface area contributed by atoms with E-state index in [4.69, 9.17) is 4.42 Å². The Labute approximate surface area is 172 Å². The highest BCUT2D eigenvalue weighted by Gasteiger charge is 2.42. The minimum Gasteiger partial charge on any atom is -0.508 e. The molecule has 1 aromatic heterocycles. The van der Waals surface area contributed by atoms with Crippen molar-refractivity contribution in [3.63, 3.8) is 0 Å². The number of carbonyl (C=O) groups excluding carboxylic acids is 1. The lowest BCUT2D eigenvalue weighted by molar-refractivity contribution is 0.0714. The van der Waals surface area contributed by atoms with Crippen molar-refractivity contribution in [3.05, 3.63) is 111 Å². The molecule has 1 unspecified atom stereocenters. The number of para-hydroxylation sites is 1. The Bertz CT molecular complexity index is 1320. The molecule has 1 amide bonds. The summed E-state index contributed by atoms with van der Waals surface area (Å²) >= 11 is 0. The van der Waals surface area contributed by atoms with Crippen molar-refractivity contribution in [2.24, 2.45) is 0 Å². The van der Waals surface area contributed by atoms with Crippen molar-refractivity contribution >= 4 is 16.9 Å². The molecule has 30 heavy (non-hydrogen) atoms. The normalized spacial score (nSPS) is 15.6. The van der Waals surface area contributed by atoms with Crippen LogP contribution < -0.4 is 5.43 Å². The summed E-state index contributed by atoms with van der Waals surface area (Å²) < 4.78 is 5.92. The molecular formula is C25H19NO4. The Morgan fingerprint density at radius 2 is 1.63 bits per heavy atom. The molecule has 0 bridgehead atoms. The molecule has 1 N–H and O–H groups in total. The van der Waals surface area contributed by atoms with Crippen LogP contribution in [0.15, 0.2) is 82.0 Å². The second kappa shape index (κ2) is 6.88. The summed E-state index contributed by atoms with van der Waals surface area (Å²) in [6.45, 7) is 2.35. The number of carbonyl (C=O) groups is 1. The van der Waals surface area contributed by atoms with Gasteiger partial charge in [0, 0.05) is 6.54 Å². The smallest absolute Gasteiger partial charge is 0.291 e. The topological polar surface area (TPSA) is 70.8 Å². The Hall–Kier alpha value is -3.86. The molecule has 1 aliphatic heterocycles. The van der Waals surface area contributed by atoms with Gasteiger partial charge < -0.3 is 14.4 Å². The highest BCUT2D eigenvalue weighted by Crippen LogP contribution is 2.39. The molecule has 0 saturated carbocycles. The van der Waals surface area contributed by atoms with E-state index in [9.17, 15) is 14.7 Å².